The molecule has 0 aliphatic heterocycles. The molecule has 0 heterocycles. The molecule has 0 aliphatic rings. The summed E-state index contributed by atoms with van der Waals surface area (Å²) in [5.74, 6) is -0.168. The number of rotatable bonds is 6. The zero-order valence-electron chi connectivity index (χ0n) is 9.37. The maximum atomic E-state index is 10.5. The van der Waals surface area contributed by atoms with Gasteiger partial charge >= 0.3 is 5.97 Å². The van der Waals surface area contributed by atoms with Crippen LogP contribution in [-0.2, 0) is 4.79 Å². The zero-order chi connectivity index (χ0) is 11.4. The summed E-state index contributed by atoms with van der Waals surface area (Å²) in [6.45, 7) is 8.42. The lowest BCUT2D eigenvalue weighted by Gasteiger charge is -2.21. The fraction of sp³-hybridized carbons (Fsp3) is 0.900. The second-order valence-corrected chi connectivity index (χ2v) is 4.43. The van der Waals surface area contributed by atoms with Gasteiger partial charge in [-0.25, -0.2) is 4.79 Å². The molecule has 0 bridgehead atoms. The molecule has 14 heavy (non-hydrogen) atoms. The van der Waals surface area contributed by atoms with Gasteiger partial charge in [-0.3, -0.25) is 0 Å². The molecule has 0 fully saturated rings. The van der Waals surface area contributed by atoms with E-state index in [2.05, 4.69) is 26.1 Å². The third kappa shape index (κ3) is 4.58. The van der Waals surface area contributed by atoms with E-state index in [0.717, 1.165) is 6.54 Å². The van der Waals surface area contributed by atoms with Crippen LogP contribution in [0.4, 0.5) is 0 Å². The summed E-state index contributed by atoms with van der Waals surface area (Å²) < 4.78 is 0. The van der Waals surface area contributed by atoms with Crippen molar-refractivity contribution in [2.75, 3.05) is 13.1 Å². The summed E-state index contributed by atoms with van der Waals surface area (Å²) in [5.41, 5.74) is -1.67. The Kier molecular flexibility index (Phi) is 5.08. The summed E-state index contributed by atoms with van der Waals surface area (Å²) in [6, 6.07) is 0. The average Bonchev–Trinajstić information content (AvgIpc) is 2.03. The monoisotopic (exact) mass is 203 g/mol. The maximum absolute atomic E-state index is 10.5. The predicted octanol–water partition coefficient (Wildman–Crippen LogP) is 0.704. The lowest BCUT2D eigenvalue weighted by molar-refractivity contribution is -0.156. The van der Waals surface area contributed by atoms with Gasteiger partial charge in [0.1, 0.15) is 0 Å². The molecule has 0 radical (unpaired) electrons. The van der Waals surface area contributed by atoms with Gasteiger partial charge < -0.3 is 15.5 Å². The Morgan fingerprint density at radius 2 is 1.93 bits per heavy atom. The molecular weight excluding hydrogens is 182 g/mol. The predicted molar refractivity (Wildman–Crippen MR) is 55.1 cm³/mol. The van der Waals surface area contributed by atoms with E-state index >= 15 is 0 Å². The second kappa shape index (κ2) is 5.32. The highest BCUT2D eigenvalue weighted by atomic mass is 16.4. The Bertz CT molecular complexity index is 190. The third-order valence-electron chi connectivity index (χ3n) is 2.53. The number of carbonyl (C=O) groups is 1. The number of nitrogens with one attached hydrogen (secondary N) is 1. The van der Waals surface area contributed by atoms with Crippen molar-refractivity contribution in [3.63, 3.8) is 0 Å². The Morgan fingerprint density at radius 1 is 1.43 bits per heavy atom. The molecule has 0 rings (SSSR count). The molecule has 0 spiro atoms. The van der Waals surface area contributed by atoms with Gasteiger partial charge in [0.15, 0.2) is 5.60 Å². The van der Waals surface area contributed by atoms with Gasteiger partial charge in [-0.15, -0.1) is 0 Å². The standard InChI is InChI=1S/C10H21NO3/c1-7(2)8(3)5-11-6-10(4,14)9(12)13/h7-8,11,14H,5-6H2,1-4H3,(H,12,13). The summed E-state index contributed by atoms with van der Waals surface area (Å²) in [5, 5.41) is 21.0. The van der Waals surface area contributed by atoms with Crippen LogP contribution in [0.1, 0.15) is 27.7 Å². The lowest BCUT2D eigenvalue weighted by Crippen LogP contribution is -2.46. The molecule has 0 saturated heterocycles. The highest BCUT2D eigenvalue weighted by Crippen LogP contribution is 2.08. The van der Waals surface area contributed by atoms with Crippen molar-refractivity contribution in [2.45, 2.75) is 33.3 Å². The van der Waals surface area contributed by atoms with Crippen LogP contribution in [0.15, 0.2) is 0 Å². The average molecular weight is 203 g/mol. The van der Waals surface area contributed by atoms with E-state index in [1.165, 1.54) is 6.92 Å². The fourth-order valence-electron chi connectivity index (χ4n) is 0.855. The lowest BCUT2D eigenvalue weighted by atomic mass is 9.98. The normalized spacial score (nSPS) is 17.9. The van der Waals surface area contributed by atoms with Crippen LogP contribution in [-0.4, -0.2) is 34.9 Å². The van der Waals surface area contributed by atoms with E-state index < -0.39 is 11.6 Å². The Balaban J connectivity index is 3.79. The van der Waals surface area contributed by atoms with Crippen molar-refractivity contribution >= 4 is 5.97 Å². The van der Waals surface area contributed by atoms with Crippen molar-refractivity contribution < 1.29 is 15.0 Å². The van der Waals surface area contributed by atoms with Gasteiger partial charge in [0.2, 0.25) is 0 Å². The first-order valence-electron chi connectivity index (χ1n) is 4.94. The first-order chi connectivity index (χ1) is 6.27. The quantitative estimate of drug-likeness (QED) is 0.594. The highest BCUT2D eigenvalue weighted by Gasteiger charge is 2.29. The minimum Gasteiger partial charge on any atom is -0.479 e. The van der Waals surface area contributed by atoms with Gasteiger partial charge in [-0.05, 0) is 25.3 Å². The molecule has 2 unspecified atom stereocenters. The van der Waals surface area contributed by atoms with Gasteiger partial charge in [0.05, 0.1) is 0 Å². The number of hydrogen-bond donors (Lipinski definition) is 3. The van der Waals surface area contributed by atoms with Gasteiger partial charge in [0.25, 0.3) is 0 Å². The zero-order valence-corrected chi connectivity index (χ0v) is 9.37. The van der Waals surface area contributed by atoms with Crippen molar-refractivity contribution in [1.29, 1.82) is 0 Å². The van der Waals surface area contributed by atoms with Crippen LogP contribution in [0.25, 0.3) is 0 Å². The summed E-state index contributed by atoms with van der Waals surface area (Å²) in [4.78, 5) is 10.5. The number of aliphatic carboxylic acids is 1. The van der Waals surface area contributed by atoms with Gasteiger partial charge in [0, 0.05) is 6.54 Å². The Hall–Kier alpha value is -0.610. The summed E-state index contributed by atoms with van der Waals surface area (Å²) in [6.07, 6.45) is 0. The molecule has 0 aromatic heterocycles. The molecule has 3 N–H and O–H groups in total. The summed E-state index contributed by atoms with van der Waals surface area (Å²) >= 11 is 0. The van der Waals surface area contributed by atoms with E-state index in [0.29, 0.717) is 11.8 Å². The molecular formula is C10H21NO3. The molecule has 4 nitrogen and oxygen atoms in total. The molecule has 0 amide bonds. The molecule has 0 aromatic rings. The van der Waals surface area contributed by atoms with Gasteiger partial charge in [-0.1, -0.05) is 20.8 Å². The Morgan fingerprint density at radius 3 is 2.29 bits per heavy atom. The van der Waals surface area contributed by atoms with Crippen LogP contribution in [0.2, 0.25) is 0 Å². The smallest absolute Gasteiger partial charge is 0.336 e. The highest BCUT2D eigenvalue weighted by molar-refractivity contribution is 5.76. The molecule has 84 valence electrons. The third-order valence-corrected chi connectivity index (χ3v) is 2.53. The van der Waals surface area contributed by atoms with E-state index in [-0.39, 0.29) is 6.54 Å². The summed E-state index contributed by atoms with van der Waals surface area (Å²) in [7, 11) is 0. The number of carboxylic acids is 1. The first kappa shape index (κ1) is 13.4. The number of hydrogen-bond acceptors (Lipinski definition) is 3. The van der Waals surface area contributed by atoms with E-state index in [4.69, 9.17) is 5.11 Å². The van der Waals surface area contributed by atoms with Crippen LogP contribution < -0.4 is 5.32 Å². The van der Waals surface area contributed by atoms with Crippen LogP contribution in [0.3, 0.4) is 0 Å². The van der Waals surface area contributed by atoms with Crippen LogP contribution >= 0.6 is 0 Å². The number of aliphatic hydroxyl groups is 1. The minimum atomic E-state index is -1.67. The molecule has 4 heteroatoms. The van der Waals surface area contributed by atoms with Crippen molar-refractivity contribution in [2.24, 2.45) is 11.8 Å². The minimum absolute atomic E-state index is 0.0827. The van der Waals surface area contributed by atoms with E-state index in [9.17, 15) is 9.90 Å². The number of carboxylic acid groups (broad SMARTS) is 1. The van der Waals surface area contributed by atoms with E-state index in [1.54, 1.807) is 0 Å². The van der Waals surface area contributed by atoms with Gasteiger partial charge in [-0.2, -0.15) is 0 Å². The SMILES string of the molecule is CC(C)C(C)CNCC(C)(O)C(=O)O. The maximum Gasteiger partial charge on any atom is 0.336 e. The van der Waals surface area contributed by atoms with Crippen molar-refractivity contribution in [3.05, 3.63) is 0 Å². The van der Waals surface area contributed by atoms with Crippen LogP contribution in [0, 0.1) is 11.8 Å². The largest absolute Gasteiger partial charge is 0.479 e. The first-order valence-corrected chi connectivity index (χ1v) is 4.94. The van der Waals surface area contributed by atoms with E-state index in [1.807, 2.05) is 0 Å². The Labute approximate surface area is 85.3 Å². The van der Waals surface area contributed by atoms with Crippen molar-refractivity contribution in [3.8, 4) is 0 Å². The molecule has 2 atom stereocenters. The topological polar surface area (TPSA) is 69.6 Å². The molecule has 0 aliphatic carbocycles. The second-order valence-electron chi connectivity index (χ2n) is 4.43. The fourth-order valence-corrected chi connectivity index (χ4v) is 0.855. The van der Waals surface area contributed by atoms with Crippen LogP contribution in [0.5, 0.6) is 0 Å². The molecule has 0 saturated carbocycles. The molecule has 0 aromatic carbocycles. The van der Waals surface area contributed by atoms with Crippen molar-refractivity contribution in [1.82, 2.24) is 5.32 Å².